The molecular formula is C22H33N3. The van der Waals surface area contributed by atoms with E-state index in [4.69, 9.17) is 0 Å². The number of anilines is 3. The number of aryl methyl sites for hydroxylation is 1. The van der Waals surface area contributed by atoms with Gasteiger partial charge in [-0.05, 0) is 54.5 Å². The van der Waals surface area contributed by atoms with Gasteiger partial charge >= 0.3 is 0 Å². The van der Waals surface area contributed by atoms with E-state index in [1.807, 2.05) is 24.4 Å². The molecule has 136 valence electrons. The maximum Gasteiger partial charge on any atom is 0.130 e. The fourth-order valence-electron chi connectivity index (χ4n) is 2.82. The van der Waals surface area contributed by atoms with E-state index < -0.39 is 0 Å². The summed E-state index contributed by atoms with van der Waals surface area (Å²) in [6.07, 6.45) is 7.99. The Morgan fingerprint density at radius 3 is 2.60 bits per heavy atom. The molecule has 2 N–H and O–H groups in total. The summed E-state index contributed by atoms with van der Waals surface area (Å²) in [5, 5.41) is 7.02. The molecule has 0 aliphatic carbocycles. The molecule has 0 saturated carbocycles. The smallest absolute Gasteiger partial charge is 0.130 e. The van der Waals surface area contributed by atoms with Gasteiger partial charge in [0.25, 0.3) is 0 Å². The summed E-state index contributed by atoms with van der Waals surface area (Å²) in [6, 6.07) is 10.6. The first-order chi connectivity index (χ1) is 12.2. The topological polar surface area (TPSA) is 37.0 Å². The lowest BCUT2D eigenvalue weighted by atomic mass is 9.92. The fraction of sp³-hybridized carbons (Fsp3) is 0.500. The van der Waals surface area contributed by atoms with Crippen LogP contribution < -0.4 is 10.6 Å². The number of nitrogens with zero attached hydrogens (tertiary/aromatic N) is 1. The Labute approximate surface area is 153 Å². The average Bonchev–Trinajstić information content (AvgIpc) is 2.68. The summed E-state index contributed by atoms with van der Waals surface area (Å²) in [6.45, 7) is 9.95. The Morgan fingerprint density at radius 1 is 1.16 bits per heavy atom. The first kappa shape index (κ1) is 19.3. The Bertz CT molecular complexity index is 635. The molecule has 1 atom stereocenters. The van der Waals surface area contributed by atoms with E-state index in [2.05, 4.69) is 55.4 Å². The Balaban J connectivity index is 0.000000511. The van der Waals surface area contributed by atoms with E-state index in [-0.39, 0.29) is 0 Å². The third-order valence-electron chi connectivity index (χ3n) is 4.78. The normalized spacial score (nSPS) is 13.8. The van der Waals surface area contributed by atoms with Crippen LogP contribution in [0.2, 0.25) is 0 Å². The van der Waals surface area contributed by atoms with Crippen molar-refractivity contribution in [2.75, 3.05) is 17.2 Å². The lowest BCUT2D eigenvalue weighted by Crippen LogP contribution is -2.14. The molecule has 0 fully saturated rings. The van der Waals surface area contributed by atoms with E-state index in [9.17, 15) is 0 Å². The number of aromatic nitrogens is 1. The molecule has 3 heteroatoms. The number of nitrogens with one attached hydrogen (secondary N) is 2. The van der Waals surface area contributed by atoms with Gasteiger partial charge in [0.05, 0.1) is 11.4 Å². The molecule has 3 nitrogen and oxygen atoms in total. The highest BCUT2D eigenvalue weighted by atomic mass is 15.0. The average molecular weight is 340 g/mol. The number of benzene rings is 1. The quantitative estimate of drug-likeness (QED) is 0.652. The number of unbranched alkanes of at least 4 members (excludes halogenated alkanes) is 1. The monoisotopic (exact) mass is 339 g/mol. The van der Waals surface area contributed by atoms with E-state index >= 15 is 0 Å². The Hall–Kier alpha value is -2.03. The van der Waals surface area contributed by atoms with Crippen LogP contribution in [0.3, 0.4) is 0 Å². The van der Waals surface area contributed by atoms with Gasteiger partial charge in [-0.1, -0.05) is 52.7 Å². The van der Waals surface area contributed by atoms with Crippen LogP contribution in [0.1, 0.15) is 70.4 Å². The van der Waals surface area contributed by atoms with Gasteiger partial charge in [-0.25, -0.2) is 4.98 Å². The van der Waals surface area contributed by atoms with Gasteiger partial charge in [-0.3, -0.25) is 0 Å². The third-order valence-corrected chi connectivity index (χ3v) is 4.78. The predicted octanol–water partition coefficient (Wildman–Crippen LogP) is 6.50. The van der Waals surface area contributed by atoms with Crippen LogP contribution in [-0.2, 0) is 6.42 Å². The Morgan fingerprint density at radius 2 is 1.96 bits per heavy atom. The number of rotatable bonds is 5. The molecule has 1 aliphatic heterocycles. The molecule has 1 aromatic carbocycles. The first-order valence-electron chi connectivity index (χ1n) is 9.78. The van der Waals surface area contributed by atoms with E-state index in [1.165, 1.54) is 36.1 Å². The zero-order valence-corrected chi connectivity index (χ0v) is 16.2. The standard InChI is InChI=1S/C18H23N3.C4H10/c1-3-13(2)15-11-14-7-6-10-20-18(14)16(12-15)21-17-8-4-5-9-19-17;1-3-4-2/h4-5,8-9,11-13,20H,3,6-7,10H2,1-2H3,(H,19,21);3-4H2,1-2H3. The van der Waals surface area contributed by atoms with Crippen LogP contribution in [0.4, 0.5) is 17.2 Å². The second-order valence-corrected chi connectivity index (χ2v) is 6.78. The van der Waals surface area contributed by atoms with Crippen molar-refractivity contribution >= 4 is 17.2 Å². The van der Waals surface area contributed by atoms with Crippen LogP contribution in [0, 0.1) is 0 Å². The highest BCUT2D eigenvalue weighted by Gasteiger charge is 2.16. The van der Waals surface area contributed by atoms with Crippen LogP contribution in [0.15, 0.2) is 36.5 Å². The fourth-order valence-corrected chi connectivity index (χ4v) is 2.82. The van der Waals surface area contributed by atoms with Gasteiger partial charge in [0.1, 0.15) is 5.82 Å². The SMILES string of the molecule is CCC(C)c1cc2c(c(Nc3ccccn3)c1)NCCC2.CCCC. The molecule has 0 amide bonds. The van der Waals surface area contributed by atoms with Gasteiger partial charge in [0.2, 0.25) is 0 Å². The van der Waals surface area contributed by atoms with Crippen LogP contribution in [0.5, 0.6) is 0 Å². The second kappa shape index (κ2) is 10.1. The summed E-state index contributed by atoms with van der Waals surface area (Å²) in [4.78, 5) is 4.38. The third kappa shape index (κ3) is 5.48. The lowest BCUT2D eigenvalue weighted by Gasteiger charge is -2.24. The molecule has 3 rings (SSSR count). The number of fused-ring (bicyclic) bond motifs is 1. The summed E-state index contributed by atoms with van der Waals surface area (Å²) < 4.78 is 0. The van der Waals surface area contributed by atoms with Crippen LogP contribution in [-0.4, -0.2) is 11.5 Å². The van der Waals surface area contributed by atoms with E-state index in [0.717, 1.165) is 30.9 Å². The molecule has 2 heterocycles. The molecule has 1 aliphatic rings. The molecule has 1 aromatic heterocycles. The summed E-state index contributed by atoms with van der Waals surface area (Å²) in [5.74, 6) is 1.48. The van der Waals surface area contributed by atoms with Gasteiger partial charge in [0.15, 0.2) is 0 Å². The first-order valence-corrected chi connectivity index (χ1v) is 9.78. The summed E-state index contributed by atoms with van der Waals surface area (Å²) in [5.41, 5.74) is 5.25. The predicted molar refractivity (Wildman–Crippen MR) is 110 cm³/mol. The molecule has 0 bridgehead atoms. The van der Waals surface area contributed by atoms with E-state index in [1.54, 1.807) is 0 Å². The number of hydrogen-bond donors (Lipinski definition) is 2. The minimum absolute atomic E-state index is 0.585. The van der Waals surface area contributed by atoms with Crippen molar-refractivity contribution in [1.29, 1.82) is 0 Å². The van der Waals surface area contributed by atoms with Crippen molar-refractivity contribution in [2.45, 2.75) is 65.7 Å². The maximum absolute atomic E-state index is 4.38. The van der Waals surface area contributed by atoms with Crippen molar-refractivity contribution in [3.05, 3.63) is 47.7 Å². The highest BCUT2D eigenvalue weighted by Crippen LogP contribution is 2.36. The van der Waals surface area contributed by atoms with Crippen LogP contribution in [0.25, 0.3) is 0 Å². The Kier molecular flexibility index (Phi) is 7.77. The number of hydrogen-bond acceptors (Lipinski definition) is 3. The summed E-state index contributed by atoms with van der Waals surface area (Å²) >= 11 is 0. The van der Waals surface area contributed by atoms with Gasteiger partial charge in [0, 0.05) is 12.7 Å². The molecule has 0 radical (unpaired) electrons. The molecule has 25 heavy (non-hydrogen) atoms. The van der Waals surface area contributed by atoms with E-state index in [0.29, 0.717) is 5.92 Å². The van der Waals surface area contributed by atoms with Gasteiger partial charge < -0.3 is 10.6 Å². The van der Waals surface area contributed by atoms with Gasteiger partial charge in [-0.2, -0.15) is 0 Å². The molecule has 2 aromatic rings. The van der Waals surface area contributed by atoms with Gasteiger partial charge in [-0.15, -0.1) is 0 Å². The minimum atomic E-state index is 0.585. The molecule has 1 unspecified atom stereocenters. The van der Waals surface area contributed by atoms with Crippen molar-refractivity contribution in [3.63, 3.8) is 0 Å². The zero-order valence-electron chi connectivity index (χ0n) is 16.2. The molecular weight excluding hydrogens is 306 g/mol. The van der Waals surface area contributed by atoms with Crippen molar-refractivity contribution < 1.29 is 0 Å². The maximum atomic E-state index is 4.38. The zero-order chi connectivity index (χ0) is 18.1. The largest absolute Gasteiger partial charge is 0.383 e. The van der Waals surface area contributed by atoms with Crippen molar-refractivity contribution in [1.82, 2.24) is 4.98 Å². The van der Waals surface area contributed by atoms with Crippen molar-refractivity contribution in [2.24, 2.45) is 0 Å². The second-order valence-electron chi connectivity index (χ2n) is 6.78. The number of pyridine rings is 1. The summed E-state index contributed by atoms with van der Waals surface area (Å²) in [7, 11) is 0. The lowest BCUT2D eigenvalue weighted by molar-refractivity contribution is 0.729. The highest BCUT2D eigenvalue weighted by molar-refractivity contribution is 5.78. The van der Waals surface area contributed by atoms with Crippen LogP contribution >= 0.6 is 0 Å². The molecule has 0 spiro atoms. The van der Waals surface area contributed by atoms with Crippen molar-refractivity contribution in [3.8, 4) is 0 Å². The minimum Gasteiger partial charge on any atom is -0.383 e. The molecule has 0 saturated heterocycles.